The minimum absolute atomic E-state index is 0.721. The summed E-state index contributed by atoms with van der Waals surface area (Å²) in [5.41, 5.74) is 4.02. The van der Waals surface area contributed by atoms with Crippen molar-refractivity contribution in [1.82, 2.24) is 4.98 Å². The number of aromatic nitrogens is 1. The van der Waals surface area contributed by atoms with Crippen LogP contribution in [0.2, 0.25) is 5.02 Å². The minimum Gasteiger partial charge on any atom is -0.494 e. The van der Waals surface area contributed by atoms with Crippen LogP contribution >= 0.6 is 11.6 Å². The molecule has 114 valence electrons. The fourth-order valence-electron chi connectivity index (χ4n) is 2.86. The minimum atomic E-state index is 0.721. The number of nitrogens with one attached hydrogen (secondary N) is 2. The molecular weight excluding hydrogens is 308 g/mol. The molecule has 23 heavy (non-hydrogen) atoms. The third kappa shape index (κ3) is 2.49. The molecule has 0 amide bonds. The van der Waals surface area contributed by atoms with E-state index in [1.54, 1.807) is 7.11 Å². The van der Waals surface area contributed by atoms with Crippen LogP contribution in [0.15, 0.2) is 60.7 Å². The van der Waals surface area contributed by atoms with Gasteiger partial charge in [0, 0.05) is 38.8 Å². The lowest BCUT2D eigenvalue weighted by atomic mass is 10.1. The lowest BCUT2D eigenvalue weighted by Crippen LogP contribution is -1.92. The zero-order valence-electron chi connectivity index (χ0n) is 12.6. The molecule has 0 radical (unpaired) electrons. The number of aromatic amines is 1. The SMILES string of the molecule is COc1cc(Nc2ccccc2)cc2c1[nH]c1ccc(Cl)cc12. The van der Waals surface area contributed by atoms with Gasteiger partial charge in [-0.05, 0) is 36.4 Å². The van der Waals surface area contributed by atoms with Crippen molar-refractivity contribution in [2.24, 2.45) is 0 Å². The van der Waals surface area contributed by atoms with Gasteiger partial charge in [0.05, 0.1) is 12.6 Å². The number of para-hydroxylation sites is 1. The maximum Gasteiger partial charge on any atom is 0.145 e. The molecule has 0 saturated carbocycles. The number of anilines is 2. The molecule has 1 aromatic heterocycles. The molecule has 0 saturated heterocycles. The number of H-pyrrole nitrogens is 1. The molecule has 0 unspecified atom stereocenters. The molecule has 1 heterocycles. The summed E-state index contributed by atoms with van der Waals surface area (Å²) in [7, 11) is 1.68. The van der Waals surface area contributed by atoms with Gasteiger partial charge in [0.2, 0.25) is 0 Å². The van der Waals surface area contributed by atoms with Crippen LogP contribution in [-0.2, 0) is 0 Å². The van der Waals surface area contributed by atoms with Gasteiger partial charge in [0.25, 0.3) is 0 Å². The number of halogens is 1. The Morgan fingerprint density at radius 1 is 0.913 bits per heavy atom. The largest absolute Gasteiger partial charge is 0.494 e. The van der Waals surface area contributed by atoms with Crippen molar-refractivity contribution < 1.29 is 4.74 Å². The molecule has 0 atom stereocenters. The van der Waals surface area contributed by atoms with E-state index in [1.807, 2.05) is 54.6 Å². The van der Waals surface area contributed by atoms with Crippen LogP contribution in [0.5, 0.6) is 5.75 Å². The maximum atomic E-state index is 6.16. The molecule has 3 nitrogen and oxygen atoms in total. The summed E-state index contributed by atoms with van der Waals surface area (Å²) in [5, 5.41) is 6.30. The van der Waals surface area contributed by atoms with E-state index in [1.165, 1.54) is 0 Å². The fourth-order valence-corrected chi connectivity index (χ4v) is 3.03. The maximum absolute atomic E-state index is 6.16. The molecule has 2 N–H and O–H groups in total. The average molecular weight is 323 g/mol. The average Bonchev–Trinajstić information content (AvgIpc) is 2.93. The standard InChI is InChI=1S/C19H15ClN2O/c1-23-18-11-14(21-13-5-3-2-4-6-13)10-16-15-9-12(20)7-8-17(15)22-19(16)18/h2-11,21-22H,1H3. The van der Waals surface area contributed by atoms with Crippen molar-refractivity contribution >= 4 is 44.8 Å². The molecule has 3 aromatic carbocycles. The number of benzene rings is 3. The van der Waals surface area contributed by atoms with Crippen molar-refractivity contribution in [2.45, 2.75) is 0 Å². The smallest absolute Gasteiger partial charge is 0.145 e. The monoisotopic (exact) mass is 322 g/mol. The summed E-state index contributed by atoms with van der Waals surface area (Å²) in [6.45, 7) is 0. The van der Waals surface area contributed by atoms with Crippen LogP contribution in [0.3, 0.4) is 0 Å². The van der Waals surface area contributed by atoms with Gasteiger partial charge >= 0.3 is 0 Å². The highest BCUT2D eigenvalue weighted by atomic mass is 35.5. The van der Waals surface area contributed by atoms with Crippen LogP contribution in [-0.4, -0.2) is 12.1 Å². The first-order valence-corrected chi connectivity index (χ1v) is 7.73. The summed E-state index contributed by atoms with van der Waals surface area (Å²) in [4.78, 5) is 3.40. The Morgan fingerprint density at radius 2 is 1.74 bits per heavy atom. The molecule has 0 bridgehead atoms. The summed E-state index contributed by atoms with van der Waals surface area (Å²) >= 11 is 6.16. The summed E-state index contributed by atoms with van der Waals surface area (Å²) in [6, 6.07) is 20.0. The Bertz CT molecular complexity index is 993. The zero-order chi connectivity index (χ0) is 15.8. The highest BCUT2D eigenvalue weighted by Crippen LogP contribution is 2.36. The van der Waals surface area contributed by atoms with Crippen molar-refractivity contribution in [3.63, 3.8) is 0 Å². The number of hydrogen-bond donors (Lipinski definition) is 2. The Labute approximate surface area is 138 Å². The van der Waals surface area contributed by atoms with Crippen molar-refractivity contribution in [2.75, 3.05) is 12.4 Å². The van der Waals surface area contributed by atoms with E-state index in [0.29, 0.717) is 0 Å². The van der Waals surface area contributed by atoms with E-state index < -0.39 is 0 Å². The summed E-state index contributed by atoms with van der Waals surface area (Å²) in [5.74, 6) is 0.799. The third-order valence-electron chi connectivity index (χ3n) is 3.92. The van der Waals surface area contributed by atoms with Gasteiger partial charge in [0.15, 0.2) is 0 Å². The van der Waals surface area contributed by atoms with Crippen LogP contribution < -0.4 is 10.1 Å². The van der Waals surface area contributed by atoms with Crippen LogP contribution in [0.4, 0.5) is 11.4 Å². The predicted molar refractivity (Wildman–Crippen MR) is 97.1 cm³/mol. The number of hydrogen-bond acceptors (Lipinski definition) is 2. The second kappa shape index (κ2) is 5.52. The third-order valence-corrected chi connectivity index (χ3v) is 4.15. The highest BCUT2D eigenvalue weighted by Gasteiger charge is 2.11. The molecule has 4 rings (SSSR count). The van der Waals surface area contributed by atoms with Crippen LogP contribution in [0.25, 0.3) is 21.8 Å². The molecule has 0 aliphatic heterocycles. The first kappa shape index (κ1) is 14.0. The molecule has 4 heteroatoms. The van der Waals surface area contributed by atoms with Gasteiger partial charge in [-0.15, -0.1) is 0 Å². The Morgan fingerprint density at radius 3 is 2.52 bits per heavy atom. The van der Waals surface area contributed by atoms with Gasteiger partial charge < -0.3 is 15.0 Å². The molecular formula is C19H15ClN2O. The van der Waals surface area contributed by atoms with Crippen molar-refractivity contribution in [1.29, 1.82) is 0 Å². The van der Waals surface area contributed by atoms with E-state index >= 15 is 0 Å². The van der Waals surface area contributed by atoms with Gasteiger partial charge in [-0.1, -0.05) is 29.8 Å². The summed E-state index contributed by atoms with van der Waals surface area (Å²) in [6.07, 6.45) is 0. The number of methoxy groups -OCH3 is 1. The van der Waals surface area contributed by atoms with Gasteiger partial charge in [-0.2, -0.15) is 0 Å². The van der Waals surface area contributed by atoms with Crippen LogP contribution in [0.1, 0.15) is 0 Å². The van der Waals surface area contributed by atoms with E-state index in [9.17, 15) is 0 Å². The van der Waals surface area contributed by atoms with E-state index in [2.05, 4.69) is 16.4 Å². The number of rotatable bonds is 3. The lowest BCUT2D eigenvalue weighted by Gasteiger charge is -2.09. The second-order valence-corrected chi connectivity index (χ2v) is 5.84. The van der Waals surface area contributed by atoms with Crippen molar-refractivity contribution in [3.05, 3.63) is 65.7 Å². The molecule has 0 aliphatic carbocycles. The zero-order valence-corrected chi connectivity index (χ0v) is 13.3. The Balaban J connectivity index is 1.92. The number of ether oxygens (including phenoxy) is 1. The van der Waals surface area contributed by atoms with Gasteiger partial charge in [0.1, 0.15) is 5.75 Å². The first-order chi connectivity index (χ1) is 11.2. The van der Waals surface area contributed by atoms with Gasteiger partial charge in [-0.25, -0.2) is 0 Å². The second-order valence-electron chi connectivity index (χ2n) is 5.41. The highest BCUT2D eigenvalue weighted by molar-refractivity contribution is 6.32. The Hall–Kier alpha value is -2.65. The van der Waals surface area contributed by atoms with Crippen molar-refractivity contribution in [3.8, 4) is 5.75 Å². The normalized spacial score (nSPS) is 11.0. The van der Waals surface area contributed by atoms with Crippen LogP contribution in [0, 0.1) is 0 Å². The lowest BCUT2D eigenvalue weighted by molar-refractivity contribution is 0.419. The fraction of sp³-hybridized carbons (Fsp3) is 0.0526. The quantitative estimate of drug-likeness (QED) is 0.505. The van der Waals surface area contributed by atoms with E-state index in [4.69, 9.17) is 16.3 Å². The van der Waals surface area contributed by atoms with Gasteiger partial charge in [-0.3, -0.25) is 0 Å². The topological polar surface area (TPSA) is 37.0 Å². The predicted octanol–water partition coefficient (Wildman–Crippen LogP) is 5.73. The van der Waals surface area contributed by atoms with E-state index in [0.717, 1.165) is 44.0 Å². The molecule has 0 aliphatic rings. The molecule has 0 spiro atoms. The Kier molecular flexibility index (Phi) is 3.36. The number of fused-ring (bicyclic) bond motifs is 3. The summed E-state index contributed by atoms with van der Waals surface area (Å²) < 4.78 is 5.56. The molecule has 0 fully saturated rings. The van der Waals surface area contributed by atoms with E-state index in [-0.39, 0.29) is 0 Å². The molecule has 4 aromatic rings. The first-order valence-electron chi connectivity index (χ1n) is 7.35.